The van der Waals surface area contributed by atoms with Gasteiger partial charge >= 0.3 is 0 Å². The summed E-state index contributed by atoms with van der Waals surface area (Å²) in [6.07, 6.45) is 4.68. The molecule has 2 N–H and O–H groups in total. The van der Waals surface area contributed by atoms with Gasteiger partial charge in [-0.05, 0) is 58.2 Å². The highest BCUT2D eigenvalue weighted by atomic mass is 16.5. The van der Waals surface area contributed by atoms with Crippen molar-refractivity contribution in [3.8, 4) is 0 Å². The molecule has 100 valence electrons. The van der Waals surface area contributed by atoms with Gasteiger partial charge in [-0.3, -0.25) is 4.98 Å². The molecular weight excluding hydrogens is 224 g/mol. The van der Waals surface area contributed by atoms with Crippen LogP contribution in [0.15, 0.2) is 18.5 Å². The molecule has 1 aromatic rings. The van der Waals surface area contributed by atoms with E-state index in [1.165, 1.54) is 5.56 Å². The first-order chi connectivity index (χ1) is 8.23. The number of rotatable bonds is 2. The van der Waals surface area contributed by atoms with Crippen molar-refractivity contribution in [2.75, 3.05) is 0 Å². The maximum Gasteiger partial charge on any atom is 0.0680 e. The van der Waals surface area contributed by atoms with Gasteiger partial charge < -0.3 is 10.5 Å². The molecule has 0 aromatic carbocycles. The SMILES string of the molecule is Cc1ccncc1C(N)C1CC(C)(C)OC1(C)C. The molecule has 1 fully saturated rings. The van der Waals surface area contributed by atoms with Gasteiger partial charge in [0.15, 0.2) is 0 Å². The van der Waals surface area contributed by atoms with Crippen LogP contribution in [-0.2, 0) is 4.74 Å². The monoisotopic (exact) mass is 248 g/mol. The minimum atomic E-state index is -0.189. The quantitative estimate of drug-likeness (QED) is 0.875. The lowest BCUT2D eigenvalue weighted by molar-refractivity contribution is -0.0767. The van der Waals surface area contributed by atoms with Crippen molar-refractivity contribution in [1.82, 2.24) is 4.98 Å². The number of ether oxygens (including phenoxy) is 1. The Hall–Kier alpha value is -0.930. The third-order valence-corrected chi connectivity index (χ3v) is 4.02. The summed E-state index contributed by atoms with van der Waals surface area (Å²) >= 11 is 0. The van der Waals surface area contributed by atoms with E-state index in [1.54, 1.807) is 0 Å². The molecule has 1 aliphatic rings. The standard InChI is InChI=1S/C15H24N2O/c1-10-6-7-17-9-11(10)13(16)12-8-14(2,3)18-15(12,4)5/h6-7,9,12-13H,8,16H2,1-5H3. The Bertz CT molecular complexity index is 440. The fraction of sp³-hybridized carbons (Fsp3) is 0.667. The molecule has 0 amide bonds. The van der Waals surface area contributed by atoms with Crippen LogP contribution in [0, 0.1) is 12.8 Å². The number of aromatic nitrogens is 1. The summed E-state index contributed by atoms with van der Waals surface area (Å²) in [4.78, 5) is 4.20. The first-order valence-corrected chi connectivity index (χ1v) is 6.59. The number of hydrogen-bond donors (Lipinski definition) is 1. The lowest BCUT2D eigenvalue weighted by Gasteiger charge is -2.31. The second-order valence-electron chi connectivity index (χ2n) is 6.53. The van der Waals surface area contributed by atoms with Crippen molar-refractivity contribution in [2.45, 2.75) is 58.3 Å². The van der Waals surface area contributed by atoms with E-state index in [0.717, 1.165) is 12.0 Å². The van der Waals surface area contributed by atoms with E-state index in [1.807, 2.05) is 18.5 Å². The van der Waals surface area contributed by atoms with Gasteiger partial charge in [-0.2, -0.15) is 0 Å². The van der Waals surface area contributed by atoms with Crippen molar-refractivity contribution in [3.05, 3.63) is 29.6 Å². The number of pyridine rings is 1. The number of aryl methyl sites for hydroxylation is 1. The maximum absolute atomic E-state index is 6.48. The highest BCUT2D eigenvalue weighted by Crippen LogP contribution is 2.47. The smallest absolute Gasteiger partial charge is 0.0680 e. The predicted molar refractivity (Wildman–Crippen MR) is 73.3 cm³/mol. The molecule has 18 heavy (non-hydrogen) atoms. The van der Waals surface area contributed by atoms with Crippen LogP contribution in [0.5, 0.6) is 0 Å². The zero-order valence-corrected chi connectivity index (χ0v) is 12.0. The van der Waals surface area contributed by atoms with E-state index < -0.39 is 0 Å². The summed E-state index contributed by atoms with van der Waals surface area (Å²) in [6.45, 7) is 10.6. The summed E-state index contributed by atoms with van der Waals surface area (Å²) in [5.41, 5.74) is 8.54. The van der Waals surface area contributed by atoms with Gasteiger partial charge in [0.2, 0.25) is 0 Å². The normalized spacial score (nSPS) is 27.1. The summed E-state index contributed by atoms with van der Waals surface area (Å²) in [6, 6.07) is 2.00. The zero-order valence-electron chi connectivity index (χ0n) is 12.0. The molecule has 0 radical (unpaired) electrons. The van der Waals surface area contributed by atoms with E-state index in [-0.39, 0.29) is 17.2 Å². The highest BCUT2D eigenvalue weighted by molar-refractivity contribution is 5.26. The van der Waals surface area contributed by atoms with Crippen molar-refractivity contribution in [2.24, 2.45) is 11.7 Å². The molecule has 2 atom stereocenters. The van der Waals surface area contributed by atoms with Gasteiger partial charge in [0.05, 0.1) is 11.2 Å². The zero-order chi connectivity index (χ0) is 13.6. The van der Waals surface area contributed by atoms with Crippen LogP contribution in [0.25, 0.3) is 0 Å². The van der Waals surface area contributed by atoms with Gasteiger partial charge in [0.1, 0.15) is 0 Å². The first kappa shape index (κ1) is 13.5. The molecule has 2 rings (SSSR count). The van der Waals surface area contributed by atoms with E-state index in [4.69, 9.17) is 10.5 Å². The molecule has 3 heteroatoms. The van der Waals surface area contributed by atoms with Crippen LogP contribution in [0.2, 0.25) is 0 Å². The second kappa shape index (κ2) is 4.32. The van der Waals surface area contributed by atoms with Crippen LogP contribution >= 0.6 is 0 Å². The first-order valence-electron chi connectivity index (χ1n) is 6.59. The van der Waals surface area contributed by atoms with E-state index in [2.05, 4.69) is 39.6 Å². The second-order valence-corrected chi connectivity index (χ2v) is 6.53. The maximum atomic E-state index is 6.48. The average molecular weight is 248 g/mol. The summed E-state index contributed by atoms with van der Waals surface area (Å²) in [7, 11) is 0. The molecule has 0 bridgehead atoms. The molecule has 1 saturated heterocycles. The molecule has 2 unspecified atom stereocenters. The van der Waals surface area contributed by atoms with Crippen LogP contribution in [0.1, 0.15) is 51.3 Å². The average Bonchev–Trinajstić information content (AvgIpc) is 2.46. The Morgan fingerprint density at radius 2 is 2.06 bits per heavy atom. The largest absolute Gasteiger partial charge is 0.369 e. The summed E-state index contributed by atoms with van der Waals surface area (Å²) < 4.78 is 6.13. The van der Waals surface area contributed by atoms with Gasteiger partial charge in [0.25, 0.3) is 0 Å². The van der Waals surface area contributed by atoms with E-state index in [9.17, 15) is 0 Å². The van der Waals surface area contributed by atoms with Gasteiger partial charge in [-0.1, -0.05) is 0 Å². The Kier molecular flexibility index (Phi) is 3.24. The van der Waals surface area contributed by atoms with E-state index >= 15 is 0 Å². The van der Waals surface area contributed by atoms with Crippen LogP contribution < -0.4 is 5.73 Å². The molecule has 0 aliphatic carbocycles. The van der Waals surface area contributed by atoms with Gasteiger partial charge in [0, 0.05) is 24.4 Å². The summed E-state index contributed by atoms with van der Waals surface area (Å²) in [5, 5.41) is 0. The fourth-order valence-corrected chi connectivity index (χ4v) is 3.21. The Balaban J connectivity index is 2.30. The van der Waals surface area contributed by atoms with Crippen molar-refractivity contribution < 1.29 is 4.74 Å². The third kappa shape index (κ3) is 2.43. The molecule has 1 aromatic heterocycles. The molecule has 3 nitrogen and oxygen atoms in total. The fourth-order valence-electron chi connectivity index (χ4n) is 3.21. The van der Waals surface area contributed by atoms with Crippen molar-refractivity contribution >= 4 is 0 Å². The van der Waals surface area contributed by atoms with Crippen LogP contribution in [0.3, 0.4) is 0 Å². The minimum absolute atomic E-state index is 0.0181. The Morgan fingerprint density at radius 1 is 1.39 bits per heavy atom. The topological polar surface area (TPSA) is 48.1 Å². The highest BCUT2D eigenvalue weighted by Gasteiger charge is 2.48. The predicted octanol–water partition coefficient (Wildman–Crippen LogP) is 2.98. The Labute approximate surface area is 110 Å². The van der Waals surface area contributed by atoms with E-state index in [0.29, 0.717) is 5.92 Å². The molecule has 2 heterocycles. The molecule has 0 saturated carbocycles. The lowest BCUT2D eigenvalue weighted by Crippen LogP contribution is -2.36. The third-order valence-electron chi connectivity index (χ3n) is 4.02. The minimum Gasteiger partial charge on any atom is -0.369 e. The molecular formula is C15H24N2O. The number of nitrogens with zero attached hydrogens (tertiary/aromatic N) is 1. The number of nitrogens with two attached hydrogens (primary N) is 1. The van der Waals surface area contributed by atoms with Crippen LogP contribution in [0.4, 0.5) is 0 Å². The number of hydrogen-bond acceptors (Lipinski definition) is 3. The molecule has 0 spiro atoms. The van der Waals surface area contributed by atoms with Gasteiger partial charge in [-0.15, -0.1) is 0 Å². The summed E-state index contributed by atoms with van der Waals surface area (Å²) in [5.74, 6) is 0.315. The van der Waals surface area contributed by atoms with Gasteiger partial charge in [-0.25, -0.2) is 0 Å². The van der Waals surface area contributed by atoms with Crippen molar-refractivity contribution in [3.63, 3.8) is 0 Å². The Morgan fingerprint density at radius 3 is 2.56 bits per heavy atom. The molecule has 1 aliphatic heterocycles. The lowest BCUT2D eigenvalue weighted by atomic mass is 9.79. The van der Waals surface area contributed by atoms with Crippen molar-refractivity contribution in [1.29, 1.82) is 0 Å². The van der Waals surface area contributed by atoms with Crippen LogP contribution in [-0.4, -0.2) is 16.2 Å².